The highest BCUT2D eigenvalue weighted by Gasteiger charge is 2.42. The topological polar surface area (TPSA) is 41.6 Å². The van der Waals surface area contributed by atoms with Gasteiger partial charge in [-0.2, -0.15) is 0 Å². The molecule has 1 fully saturated rings. The van der Waals surface area contributed by atoms with E-state index in [0.29, 0.717) is 25.0 Å². The molecule has 4 unspecified atom stereocenters. The zero-order valence-corrected chi connectivity index (χ0v) is 14.0. The number of carbonyl (C=O) groups is 1. The van der Waals surface area contributed by atoms with Crippen LogP contribution in [0.3, 0.4) is 0 Å². The van der Waals surface area contributed by atoms with Crippen LogP contribution < -0.4 is 5.32 Å². The number of hydrogen-bond donors (Lipinski definition) is 1. The Kier molecular flexibility index (Phi) is 6.96. The SMILES string of the molecule is CCOCC(C)N1C(=O)C(C(C)CC)NC1CC(C)C. The van der Waals surface area contributed by atoms with Crippen LogP contribution in [0.5, 0.6) is 0 Å². The van der Waals surface area contributed by atoms with Gasteiger partial charge in [-0.1, -0.05) is 34.1 Å². The molecule has 0 aromatic carbocycles. The third kappa shape index (κ3) is 4.19. The highest BCUT2D eigenvalue weighted by atomic mass is 16.5. The Labute approximate surface area is 124 Å². The molecule has 0 radical (unpaired) electrons. The Morgan fingerprint density at radius 2 is 1.90 bits per heavy atom. The summed E-state index contributed by atoms with van der Waals surface area (Å²) >= 11 is 0. The Morgan fingerprint density at radius 3 is 2.40 bits per heavy atom. The van der Waals surface area contributed by atoms with Gasteiger partial charge in [0.15, 0.2) is 0 Å². The maximum Gasteiger partial charge on any atom is 0.241 e. The first-order valence-corrected chi connectivity index (χ1v) is 8.08. The van der Waals surface area contributed by atoms with Crippen molar-refractivity contribution in [2.75, 3.05) is 13.2 Å². The molecule has 0 aromatic rings. The molecule has 118 valence electrons. The quantitative estimate of drug-likeness (QED) is 0.745. The third-order valence-corrected chi connectivity index (χ3v) is 4.17. The molecule has 1 rings (SSSR count). The zero-order valence-electron chi connectivity index (χ0n) is 14.0. The van der Waals surface area contributed by atoms with E-state index in [4.69, 9.17) is 4.74 Å². The lowest BCUT2D eigenvalue weighted by molar-refractivity contribution is -0.134. The van der Waals surface area contributed by atoms with E-state index in [-0.39, 0.29) is 24.2 Å². The van der Waals surface area contributed by atoms with Gasteiger partial charge in [-0.3, -0.25) is 10.1 Å². The Hall–Kier alpha value is -0.610. The largest absolute Gasteiger partial charge is 0.380 e. The van der Waals surface area contributed by atoms with Gasteiger partial charge in [-0.15, -0.1) is 0 Å². The average molecular weight is 284 g/mol. The minimum atomic E-state index is -0.0344. The minimum Gasteiger partial charge on any atom is -0.380 e. The molecule has 0 bridgehead atoms. The molecule has 0 spiro atoms. The summed E-state index contributed by atoms with van der Waals surface area (Å²) in [6.45, 7) is 14.1. The van der Waals surface area contributed by atoms with Gasteiger partial charge in [0, 0.05) is 6.61 Å². The van der Waals surface area contributed by atoms with E-state index in [1.165, 1.54) is 0 Å². The molecule has 4 atom stereocenters. The van der Waals surface area contributed by atoms with Crippen molar-refractivity contribution in [3.8, 4) is 0 Å². The maximum atomic E-state index is 12.7. The summed E-state index contributed by atoms with van der Waals surface area (Å²) in [5.74, 6) is 1.19. The van der Waals surface area contributed by atoms with Crippen molar-refractivity contribution >= 4 is 5.91 Å². The molecular weight excluding hydrogens is 252 g/mol. The summed E-state index contributed by atoms with van der Waals surface area (Å²) in [4.78, 5) is 14.7. The highest BCUT2D eigenvalue weighted by Crippen LogP contribution is 2.25. The summed E-state index contributed by atoms with van der Waals surface area (Å²) in [5, 5.41) is 3.55. The van der Waals surface area contributed by atoms with Gasteiger partial charge in [0.25, 0.3) is 0 Å². The van der Waals surface area contributed by atoms with Crippen molar-refractivity contribution in [2.24, 2.45) is 11.8 Å². The number of nitrogens with one attached hydrogen (secondary N) is 1. The first kappa shape index (κ1) is 17.4. The Morgan fingerprint density at radius 1 is 1.25 bits per heavy atom. The third-order valence-electron chi connectivity index (χ3n) is 4.17. The maximum absolute atomic E-state index is 12.7. The van der Waals surface area contributed by atoms with Gasteiger partial charge in [-0.05, 0) is 32.1 Å². The fourth-order valence-electron chi connectivity index (χ4n) is 2.84. The highest BCUT2D eigenvalue weighted by molar-refractivity contribution is 5.85. The van der Waals surface area contributed by atoms with Crippen LogP contribution in [-0.2, 0) is 9.53 Å². The number of hydrogen-bond acceptors (Lipinski definition) is 3. The number of carbonyl (C=O) groups excluding carboxylic acids is 1. The molecule has 0 aromatic heterocycles. The van der Waals surface area contributed by atoms with Gasteiger partial charge in [-0.25, -0.2) is 0 Å². The molecule has 1 amide bonds. The van der Waals surface area contributed by atoms with Crippen LogP contribution in [0.1, 0.15) is 54.4 Å². The molecule has 1 aliphatic rings. The minimum absolute atomic E-state index is 0.0344. The molecule has 1 aliphatic heterocycles. The summed E-state index contributed by atoms with van der Waals surface area (Å²) in [5.41, 5.74) is 0. The fraction of sp³-hybridized carbons (Fsp3) is 0.938. The van der Waals surface area contributed by atoms with Gasteiger partial charge in [0.2, 0.25) is 5.91 Å². The van der Waals surface area contributed by atoms with E-state index >= 15 is 0 Å². The monoisotopic (exact) mass is 284 g/mol. The lowest BCUT2D eigenvalue weighted by Crippen LogP contribution is -2.46. The van der Waals surface area contributed by atoms with Gasteiger partial charge < -0.3 is 9.64 Å². The van der Waals surface area contributed by atoms with Crippen LogP contribution in [0.15, 0.2) is 0 Å². The van der Waals surface area contributed by atoms with Crippen LogP contribution in [0.4, 0.5) is 0 Å². The predicted molar refractivity (Wildman–Crippen MR) is 82.4 cm³/mol. The van der Waals surface area contributed by atoms with E-state index in [2.05, 4.69) is 39.9 Å². The lowest BCUT2D eigenvalue weighted by Gasteiger charge is -2.31. The number of amides is 1. The summed E-state index contributed by atoms with van der Waals surface area (Å²) in [6, 6.07) is 0.0978. The first-order chi connectivity index (χ1) is 9.42. The van der Waals surface area contributed by atoms with Gasteiger partial charge in [0.1, 0.15) is 0 Å². The van der Waals surface area contributed by atoms with Crippen molar-refractivity contribution in [1.82, 2.24) is 10.2 Å². The Bertz CT molecular complexity index is 307. The Balaban J connectivity index is 2.81. The van der Waals surface area contributed by atoms with E-state index in [9.17, 15) is 4.79 Å². The summed E-state index contributed by atoms with van der Waals surface area (Å²) in [7, 11) is 0. The smallest absolute Gasteiger partial charge is 0.241 e. The second-order valence-electron chi connectivity index (χ2n) is 6.43. The van der Waals surface area contributed by atoms with Crippen LogP contribution in [0, 0.1) is 11.8 Å². The van der Waals surface area contributed by atoms with Crippen LogP contribution in [0.2, 0.25) is 0 Å². The van der Waals surface area contributed by atoms with Crippen molar-refractivity contribution < 1.29 is 9.53 Å². The summed E-state index contributed by atoms with van der Waals surface area (Å²) < 4.78 is 5.51. The molecule has 20 heavy (non-hydrogen) atoms. The summed E-state index contributed by atoms with van der Waals surface area (Å²) in [6.07, 6.45) is 2.16. The number of rotatable bonds is 8. The standard InChI is InChI=1S/C16H32N2O2/c1-7-12(5)15-16(19)18(13(6)10-20-8-2)14(17-15)9-11(3)4/h11-15,17H,7-10H2,1-6H3. The van der Waals surface area contributed by atoms with Gasteiger partial charge >= 0.3 is 0 Å². The second kappa shape index (κ2) is 7.99. The molecular formula is C16H32N2O2. The average Bonchev–Trinajstić information content (AvgIpc) is 2.71. The van der Waals surface area contributed by atoms with Crippen molar-refractivity contribution in [2.45, 2.75) is 72.6 Å². The molecule has 4 heteroatoms. The van der Waals surface area contributed by atoms with Gasteiger partial charge in [0.05, 0.1) is 24.9 Å². The number of ether oxygens (including phenoxy) is 1. The van der Waals surface area contributed by atoms with E-state index in [0.717, 1.165) is 12.8 Å². The lowest BCUT2D eigenvalue weighted by atomic mass is 9.99. The number of nitrogens with zero attached hydrogens (tertiary/aromatic N) is 1. The van der Waals surface area contributed by atoms with Crippen molar-refractivity contribution in [3.05, 3.63) is 0 Å². The van der Waals surface area contributed by atoms with E-state index in [1.807, 2.05) is 11.8 Å². The van der Waals surface area contributed by atoms with Crippen LogP contribution in [0.25, 0.3) is 0 Å². The molecule has 1 saturated heterocycles. The predicted octanol–water partition coefficient (Wildman–Crippen LogP) is 2.63. The normalized spacial score (nSPS) is 26.4. The zero-order chi connectivity index (χ0) is 15.3. The molecule has 4 nitrogen and oxygen atoms in total. The van der Waals surface area contributed by atoms with Crippen molar-refractivity contribution in [3.63, 3.8) is 0 Å². The molecule has 1 N–H and O–H groups in total. The molecule has 0 aliphatic carbocycles. The molecule has 1 heterocycles. The first-order valence-electron chi connectivity index (χ1n) is 8.08. The van der Waals surface area contributed by atoms with E-state index < -0.39 is 0 Å². The fourth-order valence-corrected chi connectivity index (χ4v) is 2.84. The van der Waals surface area contributed by atoms with Crippen LogP contribution in [-0.4, -0.2) is 42.3 Å². The van der Waals surface area contributed by atoms with Crippen molar-refractivity contribution in [1.29, 1.82) is 0 Å². The second-order valence-corrected chi connectivity index (χ2v) is 6.43. The van der Waals surface area contributed by atoms with E-state index in [1.54, 1.807) is 0 Å². The molecule has 0 saturated carbocycles. The van der Waals surface area contributed by atoms with Crippen LogP contribution >= 0.6 is 0 Å².